The van der Waals surface area contributed by atoms with E-state index in [0.29, 0.717) is 6.54 Å². The molecule has 0 aliphatic carbocycles. The van der Waals surface area contributed by atoms with Crippen molar-refractivity contribution in [2.75, 3.05) is 12.3 Å². The zero-order valence-corrected chi connectivity index (χ0v) is 20.3. The second kappa shape index (κ2) is 10.5. The van der Waals surface area contributed by atoms with Gasteiger partial charge in [0.25, 0.3) is 0 Å². The van der Waals surface area contributed by atoms with Crippen LogP contribution in [0.4, 0.5) is 0 Å². The summed E-state index contributed by atoms with van der Waals surface area (Å²) in [5.74, 6) is 3.83. The number of aromatic nitrogens is 3. The number of hydrogen-bond acceptors (Lipinski definition) is 4. The highest BCUT2D eigenvalue weighted by atomic mass is 127. The van der Waals surface area contributed by atoms with Gasteiger partial charge < -0.3 is 15.2 Å². The Morgan fingerprint density at radius 1 is 1.32 bits per heavy atom. The van der Waals surface area contributed by atoms with Crippen LogP contribution in [0.15, 0.2) is 35.3 Å². The molecule has 1 saturated heterocycles. The lowest BCUT2D eigenvalue weighted by atomic mass is 10.1. The Bertz CT molecular complexity index is 770. The molecule has 0 spiro atoms. The SMILES string of the molecule is Cc1nnc(CN=C(NCC2(C)CCCS2)NC(C)c2ccccc2)n1C.I. The van der Waals surface area contributed by atoms with Gasteiger partial charge in [0, 0.05) is 18.3 Å². The van der Waals surface area contributed by atoms with Crippen LogP contribution >= 0.6 is 35.7 Å². The summed E-state index contributed by atoms with van der Waals surface area (Å²) in [4.78, 5) is 4.79. The van der Waals surface area contributed by atoms with Gasteiger partial charge in [-0.2, -0.15) is 11.8 Å². The van der Waals surface area contributed by atoms with Gasteiger partial charge in [0.15, 0.2) is 11.8 Å². The molecule has 6 nitrogen and oxygen atoms in total. The molecule has 2 atom stereocenters. The summed E-state index contributed by atoms with van der Waals surface area (Å²) in [6, 6.07) is 10.6. The van der Waals surface area contributed by atoms with Crippen molar-refractivity contribution in [3.8, 4) is 0 Å². The fourth-order valence-electron chi connectivity index (χ4n) is 3.17. The number of halogens is 1. The number of guanidine groups is 1. The third-order valence-corrected chi connectivity index (χ3v) is 6.68. The number of thioether (sulfide) groups is 1. The molecule has 2 N–H and O–H groups in total. The van der Waals surface area contributed by atoms with Crippen molar-refractivity contribution >= 4 is 41.7 Å². The zero-order chi connectivity index (χ0) is 19.3. The largest absolute Gasteiger partial charge is 0.355 e. The maximum absolute atomic E-state index is 4.79. The molecule has 0 bridgehead atoms. The van der Waals surface area contributed by atoms with Crippen LogP contribution in [0.25, 0.3) is 0 Å². The van der Waals surface area contributed by atoms with Gasteiger partial charge in [-0.15, -0.1) is 34.2 Å². The zero-order valence-electron chi connectivity index (χ0n) is 17.1. The van der Waals surface area contributed by atoms with Crippen molar-refractivity contribution in [2.24, 2.45) is 12.0 Å². The minimum Gasteiger partial charge on any atom is -0.355 e. The second-order valence-electron chi connectivity index (χ2n) is 7.42. The maximum atomic E-state index is 4.79. The molecule has 0 saturated carbocycles. The summed E-state index contributed by atoms with van der Waals surface area (Å²) in [5, 5.41) is 15.4. The van der Waals surface area contributed by atoms with Gasteiger partial charge >= 0.3 is 0 Å². The van der Waals surface area contributed by atoms with E-state index in [0.717, 1.165) is 24.2 Å². The quantitative estimate of drug-likeness (QED) is 0.349. The number of rotatable bonds is 6. The van der Waals surface area contributed by atoms with Gasteiger partial charge in [-0.1, -0.05) is 30.3 Å². The van der Waals surface area contributed by atoms with Crippen molar-refractivity contribution in [2.45, 2.75) is 50.9 Å². The Morgan fingerprint density at radius 3 is 2.68 bits per heavy atom. The summed E-state index contributed by atoms with van der Waals surface area (Å²) in [5.41, 5.74) is 1.24. The Balaban J connectivity index is 0.00000280. The monoisotopic (exact) mass is 514 g/mol. The minimum atomic E-state index is 0. The van der Waals surface area contributed by atoms with Gasteiger partial charge in [0.1, 0.15) is 12.4 Å². The Morgan fingerprint density at radius 2 is 2.07 bits per heavy atom. The van der Waals surface area contributed by atoms with Gasteiger partial charge in [-0.25, -0.2) is 4.99 Å². The smallest absolute Gasteiger partial charge is 0.192 e. The molecule has 2 unspecified atom stereocenters. The fraction of sp³-hybridized carbons (Fsp3) is 0.550. The van der Waals surface area contributed by atoms with E-state index in [-0.39, 0.29) is 34.8 Å². The van der Waals surface area contributed by atoms with Crippen molar-refractivity contribution in [3.05, 3.63) is 47.5 Å². The van der Waals surface area contributed by atoms with Gasteiger partial charge in [0.05, 0.1) is 6.04 Å². The van der Waals surface area contributed by atoms with E-state index in [4.69, 9.17) is 4.99 Å². The van der Waals surface area contributed by atoms with Crippen molar-refractivity contribution < 1.29 is 0 Å². The van der Waals surface area contributed by atoms with Crippen LogP contribution in [-0.2, 0) is 13.6 Å². The maximum Gasteiger partial charge on any atom is 0.192 e. The highest BCUT2D eigenvalue weighted by Gasteiger charge is 2.29. The van der Waals surface area contributed by atoms with E-state index >= 15 is 0 Å². The van der Waals surface area contributed by atoms with E-state index in [1.807, 2.05) is 24.6 Å². The lowest BCUT2D eigenvalue weighted by Crippen LogP contribution is -2.44. The molecule has 2 heterocycles. The van der Waals surface area contributed by atoms with Gasteiger partial charge in [-0.3, -0.25) is 0 Å². The molecule has 28 heavy (non-hydrogen) atoms. The molecule has 0 amide bonds. The van der Waals surface area contributed by atoms with Crippen LogP contribution in [0.2, 0.25) is 0 Å². The molecule has 2 aromatic rings. The third-order valence-electron chi connectivity index (χ3n) is 5.14. The van der Waals surface area contributed by atoms with E-state index in [1.165, 1.54) is 24.2 Å². The molecule has 1 aromatic heterocycles. The summed E-state index contributed by atoms with van der Waals surface area (Å²) >= 11 is 2.05. The number of aryl methyl sites for hydroxylation is 1. The van der Waals surface area contributed by atoms with Gasteiger partial charge in [-0.05, 0) is 44.9 Å². The standard InChI is InChI=1S/C20H30N6S.HI/c1-15(17-9-6-5-7-10-17)23-19(22-14-20(3)11-8-12-27-20)21-13-18-25-24-16(2)26(18)4;/h5-7,9-10,15H,8,11-14H2,1-4H3,(H2,21,22,23);1H. The van der Waals surface area contributed by atoms with Crippen molar-refractivity contribution in [1.29, 1.82) is 0 Å². The summed E-state index contributed by atoms with van der Waals surface area (Å²) in [7, 11) is 1.98. The van der Waals surface area contributed by atoms with Crippen molar-refractivity contribution in [1.82, 2.24) is 25.4 Å². The van der Waals surface area contributed by atoms with Crippen LogP contribution < -0.4 is 10.6 Å². The lowest BCUT2D eigenvalue weighted by Gasteiger charge is -2.26. The van der Waals surface area contributed by atoms with Crippen LogP contribution in [-0.4, -0.2) is 37.8 Å². The first-order valence-electron chi connectivity index (χ1n) is 9.55. The first-order chi connectivity index (χ1) is 13.0. The highest BCUT2D eigenvalue weighted by Crippen LogP contribution is 2.36. The molecule has 3 rings (SSSR count). The molecular weight excluding hydrogens is 483 g/mol. The van der Waals surface area contributed by atoms with E-state index in [1.54, 1.807) is 0 Å². The average Bonchev–Trinajstić information content (AvgIpc) is 3.25. The van der Waals surface area contributed by atoms with Gasteiger partial charge in [0.2, 0.25) is 0 Å². The Kier molecular flexibility index (Phi) is 8.60. The number of benzene rings is 1. The molecule has 154 valence electrons. The number of nitrogens with one attached hydrogen (secondary N) is 2. The van der Waals surface area contributed by atoms with Crippen LogP contribution in [0, 0.1) is 6.92 Å². The average molecular weight is 514 g/mol. The Hall–Kier alpha value is -1.29. The topological polar surface area (TPSA) is 67.1 Å². The first-order valence-corrected chi connectivity index (χ1v) is 10.5. The third kappa shape index (κ3) is 6.10. The van der Waals surface area contributed by atoms with E-state index in [2.05, 4.69) is 70.7 Å². The molecule has 0 radical (unpaired) electrons. The molecule has 8 heteroatoms. The lowest BCUT2D eigenvalue weighted by molar-refractivity contribution is 0.576. The molecule has 1 fully saturated rings. The van der Waals surface area contributed by atoms with Crippen LogP contribution in [0.1, 0.15) is 49.9 Å². The molecule has 1 aromatic carbocycles. The highest BCUT2D eigenvalue weighted by molar-refractivity contribution is 14.0. The van der Waals surface area contributed by atoms with E-state index in [9.17, 15) is 0 Å². The predicted molar refractivity (Wildman–Crippen MR) is 128 cm³/mol. The summed E-state index contributed by atoms with van der Waals surface area (Å²) in [6.07, 6.45) is 2.54. The fourth-order valence-corrected chi connectivity index (χ4v) is 4.41. The predicted octanol–water partition coefficient (Wildman–Crippen LogP) is 3.82. The molecule has 1 aliphatic rings. The number of nitrogens with zero attached hydrogens (tertiary/aromatic N) is 4. The first kappa shape index (κ1) is 23.0. The van der Waals surface area contributed by atoms with E-state index < -0.39 is 0 Å². The number of hydrogen-bond donors (Lipinski definition) is 2. The van der Waals surface area contributed by atoms with Crippen LogP contribution in [0.3, 0.4) is 0 Å². The Labute approximate surface area is 189 Å². The van der Waals surface area contributed by atoms with Crippen molar-refractivity contribution in [3.63, 3.8) is 0 Å². The van der Waals surface area contributed by atoms with Crippen LogP contribution in [0.5, 0.6) is 0 Å². The number of aliphatic imine (C=N–C) groups is 1. The molecular formula is C20H31IN6S. The summed E-state index contributed by atoms with van der Waals surface area (Å²) in [6.45, 7) is 7.85. The normalized spacial score (nSPS) is 20.5. The second-order valence-corrected chi connectivity index (χ2v) is 9.10. The molecule has 1 aliphatic heterocycles. The summed E-state index contributed by atoms with van der Waals surface area (Å²) < 4.78 is 2.26. The minimum absolute atomic E-state index is 0.